The number of rotatable bonds is 3. The van der Waals surface area contributed by atoms with Crippen LogP contribution < -0.4 is 0 Å². The normalized spacial score (nSPS) is 30.5. The van der Waals surface area contributed by atoms with Crippen LogP contribution in [0.4, 0.5) is 0 Å². The second-order valence-corrected chi connectivity index (χ2v) is 5.97. The van der Waals surface area contributed by atoms with Gasteiger partial charge in [0.05, 0.1) is 18.5 Å². The van der Waals surface area contributed by atoms with E-state index >= 15 is 0 Å². The Labute approximate surface area is 112 Å². The van der Waals surface area contributed by atoms with Gasteiger partial charge in [0.15, 0.2) is 0 Å². The van der Waals surface area contributed by atoms with E-state index in [1.165, 1.54) is 6.07 Å². The molecule has 4 atom stereocenters. The van der Waals surface area contributed by atoms with Crippen LogP contribution in [-0.4, -0.2) is 45.0 Å². The molecule has 19 heavy (non-hydrogen) atoms. The first kappa shape index (κ1) is 14.2. The van der Waals surface area contributed by atoms with Crippen molar-refractivity contribution >= 4 is 16.8 Å². The van der Waals surface area contributed by atoms with Gasteiger partial charge < -0.3 is 19.4 Å². The summed E-state index contributed by atoms with van der Waals surface area (Å²) < 4.78 is 22.1. The number of hydrogen-bond donors (Lipinski definition) is 2. The molecule has 1 unspecified atom stereocenters. The van der Waals surface area contributed by atoms with E-state index in [0.717, 1.165) is 0 Å². The van der Waals surface area contributed by atoms with Gasteiger partial charge in [0.1, 0.15) is 28.4 Å². The molecule has 106 valence electrons. The number of aryl methyl sites for hydroxylation is 1. The lowest BCUT2D eigenvalue weighted by Gasteiger charge is -2.11. The van der Waals surface area contributed by atoms with Crippen molar-refractivity contribution < 1.29 is 28.4 Å². The molecular formula is C12H16O6S. The number of furan rings is 1. The number of carbonyl (C=O) groups is 1. The molecule has 1 fully saturated rings. The Morgan fingerprint density at radius 1 is 1.58 bits per heavy atom. The minimum absolute atomic E-state index is 0.000318. The summed E-state index contributed by atoms with van der Waals surface area (Å²) in [4.78, 5) is 11.7. The molecule has 0 amide bonds. The van der Waals surface area contributed by atoms with Crippen molar-refractivity contribution in [2.45, 2.75) is 31.3 Å². The number of carbonyl (C=O) groups excluding carboxylic acids is 1. The van der Waals surface area contributed by atoms with Crippen molar-refractivity contribution in [3.8, 4) is 0 Å². The highest BCUT2D eigenvalue weighted by Gasteiger charge is 2.43. The summed E-state index contributed by atoms with van der Waals surface area (Å²) in [5.74, 6) is 0.0659. The van der Waals surface area contributed by atoms with Gasteiger partial charge in [0.25, 0.3) is 0 Å². The first-order chi connectivity index (χ1) is 8.95. The fraction of sp³-hybridized carbons (Fsp3) is 0.583. The summed E-state index contributed by atoms with van der Waals surface area (Å²) >= 11 is 0. The van der Waals surface area contributed by atoms with Gasteiger partial charge in [-0.15, -0.1) is 0 Å². The Kier molecular flexibility index (Phi) is 4.07. The van der Waals surface area contributed by atoms with E-state index in [4.69, 9.17) is 9.15 Å². The third-order valence-corrected chi connectivity index (χ3v) is 4.78. The standard InChI is InChI=1S/C12H16O6S/c1-3-17-12(15)7-4-9(18-6(7)2)11-10(14)8(13)5-19(11)16/h4,8,10-11,13-14H,3,5H2,1-2H3/t8-,10-,11-,19?/m1/s1. The summed E-state index contributed by atoms with van der Waals surface area (Å²) in [6.07, 6.45) is -2.19. The molecule has 0 saturated carbocycles. The van der Waals surface area contributed by atoms with Crippen molar-refractivity contribution in [2.75, 3.05) is 12.4 Å². The first-order valence-electron chi connectivity index (χ1n) is 5.96. The molecule has 2 rings (SSSR count). The topological polar surface area (TPSA) is 97.0 Å². The highest BCUT2D eigenvalue weighted by Crippen LogP contribution is 2.34. The third-order valence-electron chi connectivity index (χ3n) is 3.04. The Hall–Kier alpha value is -1.18. The molecule has 2 heterocycles. The van der Waals surface area contributed by atoms with E-state index in [9.17, 15) is 19.2 Å². The van der Waals surface area contributed by atoms with E-state index in [1.54, 1.807) is 13.8 Å². The van der Waals surface area contributed by atoms with Crippen LogP contribution in [0.15, 0.2) is 10.5 Å². The number of aliphatic hydroxyl groups excluding tert-OH is 2. The van der Waals surface area contributed by atoms with Gasteiger partial charge in [-0.3, -0.25) is 4.21 Å². The maximum atomic E-state index is 11.8. The fourth-order valence-electron chi connectivity index (χ4n) is 2.08. The fourth-order valence-corrected chi connectivity index (χ4v) is 3.69. The second kappa shape index (κ2) is 5.44. The van der Waals surface area contributed by atoms with Crippen LogP contribution in [0, 0.1) is 6.92 Å². The zero-order valence-corrected chi connectivity index (χ0v) is 11.5. The number of ether oxygens (including phenoxy) is 1. The molecule has 0 aromatic carbocycles. The molecule has 1 aromatic rings. The Bertz CT molecular complexity index is 508. The van der Waals surface area contributed by atoms with E-state index in [0.29, 0.717) is 5.76 Å². The summed E-state index contributed by atoms with van der Waals surface area (Å²) in [5, 5.41) is 18.5. The number of hydrogen-bond acceptors (Lipinski definition) is 6. The highest BCUT2D eigenvalue weighted by molar-refractivity contribution is 7.85. The Morgan fingerprint density at radius 3 is 2.79 bits per heavy atom. The van der Waals surface area contributed by atoms with Gasteiger partial charge in [-0.1, -0.05) is 0 Å². The molecule has 0 bridgehead atoms. The van der Waals surface area contributed by atoms with E-state index in [-0.39, 0.29) is 23.7 Å². The monoisotopic (exact) mass is 288 g/mol. The zero-order chi connectivity index (χ0) is 14.2. The molecular weight excluding hydrogens is 272 g/mol. The predicted molar refractivity (Wildman–Crippen MR) is 67.2 cm³/mol. The highest BCUT2D eigenvalue weighted by atomic mass is 32.2. The van der Waals surface area contributed by atoms with Crippen molar-refractivity contribution in [1.82, 2.24) is 0 Å². The van der Waals surface area contributed by atoms with Crippen LogP contribution in [0.2, 0.25) is 0 Å². The smallest absolute Gasteiger partial charge is 0.341 e. The van der Waals surface area contributed by atoms with Crippen LogP contribution in [-0.2, 0) is 15.5 Å². The summed E-state index contributed by atoms with van der Waals surface area (Å²) in [5.41, 5.74) is 0.252. The largest absolute Gasteiger partial charge is 0.464 e. The average Bonchev–Trinajstić information content (AvgIpc) is 2.81. The summed E-state index contributed by atoms with van der Waals surface area (Å²) in [7, 11) is -1.43. The second-order valence-electron chi connectivity index (χ2n) is 4.37. The molecule has 1 aliphatic rings. The molecule has 7 heteroatoms. The van der Waals surface area contributed by atoms with Crippen LogP contribution in [0.3, 0.4) is 0 Å². The third kappa shape index (κ3) is 2.58. The van der Waals surface area contributed by atoms with Crippen molar-refractivity contribution in [1.29, 1.82) is 0 Å². The quantitative estimate of drug-likeness (QED) is 0.776. The molecule has 0 spiro atoms. The molecule has 6 nitrogen and oxygen atoms in total. The number of aliphatic hydroxyl groups is 2. The van der Waals surface area contributed by atoms with Gasteiger partial charge in [-0.25, -0.2) is 4.79 Å². The molecule has 0 aliphatic carbocycles. The number of esters is 1. The first-order valence-corrected chi connectivity index (χ1v) is 7.34. The zero-order valence-electron chi connectivity index (χ0n) is 10.7. The summed E-state index contributed by atoms with van der Waals surface area (Å²) in [6.45, 7) is 3.53. The lowest BCUT2D eigenvalue weighted by molar-refractivity contribution is 0.0385. The minimum atomic E-state index is -1.43. The van der Waals surface area contributed by atoms with Gasteiger partial charge in [0, 0.05) is 10.8 Å². The molecule has 1 aliphatic heterocycles. The SMILES string of the molecule is CCOC(=O)c1cc([C@@H]2[C@H](O)[C@H](O)CS2=O)oc1C. The van der Waals surface area contributed by atoms with Gasteiger partial charge in [0.2, 0.25) is 0 Å². The van der Waals surface area contributed by atoms with Crippen molar-refractivity contribution in [2.24, 2.45) is 0 Å². The Balaban J connectivity index is 2.30. The lowest BCUT2D eigenvalue weighted by Crippen LogP contribution is -2.24. The predicted octanol–water partition coefficient (Wildman–Crippen LogP) is 0.290. The van der Waals surface area contributed by atoms with Gasteiger partial charge >= 0.3 is 5.97 Å². The average molecular weight is 288 g/mol. The van der Waals surface area contributed by atoms with E-state index in [2.05, 4.69) is 0 Å². The van der Waals surface area contributed by atoms with Crippen molar-refractivity contribution in [3.05, 3.63) is 23.2 Å². The van der Waals surface area contributed by atoms with Crippen LogP contribution >= 0.6 is 0 Å². The van der Waals surface area contributed by atoms with E-state index in [1.807, 2.05) is 0 Å². The van der Waals surface area contributed by atoms with Crippen molar-refractivity contribution in [3.63, 3.8) is 0 Å². The lowest BCUT2D eigenvalue weighted by atomic mass is 10.1. The maximum Gasteiger partial charge on any atom is 0.341 e. The summed E-state index contributed by atoms with van der Waals surface area (Å²) in [6, 6.07) is 1.43. The molecule has 2 N–H and O–H groups in total. The molecule has 1 saturated heterocycles. The van der Waals surface area contributed by atoms with Crippen LogP contribution in [0.1, 0.15) is 34.1 Å². The van der Waals surface area contributed by atoms with Crippen LogP contribution in [0.5, 0.6) is 0 Å². The van der Waals surface area contributed by atoms with Gasteiger partial charge in [-0.05, 0) is 19.9 Å². The maximum absolute atomic E-state index is 11.8. The Morgan fingerprint density at radius 2 is 2.26 bits per heavy atom. The van der Waals surface area contributed by atoms with E-state index < -0.39 is 34.2 Å². The minimum Gasteiger partial charge on any atom is -0.464 e. The van der Waals surface area contributed by atoms with Gasteiger partial charge in [-0.2, -0.15) is 0 Å². The molecule has 1 aromatic heterocycles. The molecule has 0 radical (unpaired) electrons. The van der Waals surface area contributed by atoms with Crippen LogP contribution in [0.25, 0.3) is 0 Å².